The molecule has 2 aromatic carbocycles. The van der Waals surface area contributed by atoms with E-state index in [9.17, 15) is 18.3 Å². The molecular weight excluding hydrogens is 511 g/mol. The molecule has 5 rings (SSSR count). The van der Waals surface area contributed by atoms with E-state index in [1.54, 1.807) is 17.4 Å². The molecule has 0 saturated heterocycles. The van der Waals surface area contributed by atoms with Gasteiger partial charge in [-0.2, -0.15) is 18.2 Å². The Balaban J connectivity index is 1.53. The Morgan fingerprint density at radius 2 is 1.82 bits per heavy atom. The highest BCUT2D eigenvalue weighted by atomic mass is 32.1. The lowest BCUT2D eigenvalue weighted by Crippen LogP contribution is -2.40. The maximum absolute atomic E-state index is 13.5. The van der Waals surface area contributed by atoms with Gasteiger partial charge in [0.1, 0.15) is 10.8 Å². The highest BCUT2D eigenvalue weighted by Gasteiger charge is 2.43. The average Bonchev–Trinajstić information content (AvgIpc) is 3.42. The van der Waals surface area contributed by atoms with E-state index in [0.29, 0.717) is 11.5 Å². The number of thiazole rings is 1. The van der Waals surface area contributed by atoms with Gasteiger partial charge >= 0.3 is 6.18 Å². The number of fused-ring (bicyclic) bond motifs is 1. The fourth-order valence-electron chi connectivity index (χ4n) is 5.28. The Morgan fingerprint density at radius 3 is 2.53 bits per heavy atom. The van der Waals surface area contributed by atoms with E-state index < -0.39 is 11.7 Å². The minimum absolute atomic E-state index is 0.0741. The van der Waals surface area contributed by atoms with Crippen LogP contribution in [0.2, 0.25) is 0 Å². The van der Waals surface area contributed by atoms with Crippen molar-refractivity contribution in [2.45, 2.75) is 51.9 Å². The van der Waals surface area contributed by atoms with E-state index in [1.165, 1.54) is 12.1 Å². The average molecular weight is 542 g/mol. The van der Waals surface area contributed by atoms with Crippen LogP contribution in [0, 0.1) is 18.8 Å². The van der Waals surface area contributed by atoms with E-state index in [2.05, 4.69) is 29.5 Å². The van der Waals surface area contributed by atoms with Crippen LogP contribution in [-0.4, -0.2) is 32.2 Å². The molecule has 1 fully saturated rings. The van der Waals surface area contributed by atoms with Gasteiger partial charge < -0.3 is 15.7 Å². The summed E-state index contributed by atoms with van der Waals surface area (Å²) in [6.45, 7) is 6.16. The van der Waals surface area contributed by atoms with E-state index in [1.807, 2.05) is 31.2 Å². The van der Waals surface area contributed by atoms with Gasteiger partial charge in [0, 0.05) is 18.7 Å². The first-order valence-electron chi connectivity index (χ1n) is 12.6. The van der Waals surface area contributed by atoms with Gasteiger partial charge in [-0.25, -0.2) is 9.97 Å². The number of halogens is 3. The molecule has 200 valence electrons. The molecule has 38 heavy (non-hydrogen) atoms. The predicted molar refractivity (Wildman–Crippen MR) is 145 cm³/mol. The van der Waals surface area contributed by atoms with Gasteiger partial charge in [0.05, 0.1) is 27.0 Å². The largest absolute Gasteiger partial charge is 0.416 e. The van der Waals surface area contributed by atoms with Crippen molar-refractivity contribution >= 4 is 33.3 Å². The third-order valence-electron chi connectivity index (χ3n) is 7.74. The smallest absolute Gasteiger partial charge is 0.396 e. The van der Waals surface area contributed by atoms with Crippen molar-refractivity contribution in [1.82, 2.24) is 15.0 Å². The minimum atomic E-state index is -4.45. The van der Waals surface area contributed by atoms with Crippen LogP contribution in [0.1, 0.15) is 43.5 Å². The molecule has 3 N–H and O–H groups in total. The van der Waals surface area contributed by atoms with Crippen LogP contribution in [-0.2, 0) is 12.7 Å². The summed E-state index contributed by atoms with van der Waals surface area (Å²) in [6.07, 6.45) is -2.71. The number of anilines is 2. The molecule has 1 aliphatic rings. The number of hydrogen-bond acceptors (Lipinski definition) is 7. The summed E-state index contributed by atoms with van der Waals surface area (Å²) >= 11 is 1.55. The lowest BCUT2D eigenvalue weighted by atomic mass is 9.86. The molecule has 2 heterocycles. The number of para-hydroxylation sites is 1. The van der Waals surface area contributed by atoms with Gasteiger partial charge in [0.25, 0.3) is 0 Å². The zero-order chi connectivity index (χ0) is 27.1. The van der Waals surface area contributed by atoms with Gasteiger partial charge in [-0.1, -0.05) is 37.3 Å². The number of aliphatic hydroxyl groups is 1. The van der Waals surface area contributed by atoms with Crippen LogP contribution in [0.5, 0.6) is 0 Å². The second-order valence-corrected chi connectivity index (χ2v) is 11.2. The molecule has 0 amide bonds. The number of hydrogen-bond donors (Lipinski definition) is 3. The van der Waals surface area contributed by atoms with Gasteiger partial charge in [0.2, 0.25) is 5.95 Å². The molecule has 0 spiro atoms. The first-order chi connectivity index (χ1) is 18.1. The summed E-state index contributed by atoms with van der Waals surface area (Å²) in [6, 6.07) is 13.4. The number of rotatable bonds is 7. The SMILES string of the molecule is Cc1nc(NCc2ccccc2C(F)(F)F)nc(NC2(C)CCC(CO)C2C)c1-c1nc2ccccc2s1. The molecule has 10 heteroatoms. The molecule has 1 aliphatic carbocycles. The van der Waals surface area contributed by atoms with Gasteiger partial charge in [0.15, 0.2) is 0 Å². The number of alkyl halides is 3. The summed E-state index contributed by atoms with van der Waals surface area (Å²) in [4.78, 5) is 14.2. The van der Waals surface area contributed by atoms with E-state index >= 15 is 0 Å². The topological polar surface area (TPSA) is 83.0 Å². The van der Waals surface area contributed by atoms with Crippen molar-refractivity contribution in [1.29, 1.82) is 0 Å². The van der Waals surface area contributed by atoms with Crippen molar-refractivity contribution < 1.29 is 18.3 Å². The van der Waals surface area contributed by atoms with E-state index in [4.69, 9.17) is 9.97 Å². The Kier molecular flexibility index (Phi) is 7.04. The minimum Gasteiger partial charge on any atom is -0.396 e. The van der Waals surface area contributed by atoms with Crippen molar-refractivity contribution in [3.05, 3.63) is 65.4 Å². The Bertz CT molecular complexity index is 1420. The lowest BCUT2D eigenvalue weighted by Gasteiger charge is -2.34. The van der Waals surface area contributed by atoms with Crippen LogP contribution in [0.25, 0.3) is 20.8 Å². The quantitative estimate of drug-likeness (QED) is 0.236. The Hall–Kier alpha value is -3.24. The molecule has 6 nitrogen and oxygen atoms in total. The number of aliphatic hydroxyl groups excluding tert-OH is 1. The summed E-state index contributed by atoms with van der Waals surface area (Å²) < 4.78 is 41.6. The van der Waals surface area contributed by atoms with Crippen molar-refractivity contribution in [3.63, 3.8) is 0 Å². The number of nitrogens with one attached hydrogen (secondary N) is 2. The van der Waals surface area contributed by atoms with Crippen molar-refractivity contribution in [2.24, 2.45) is 11.8 Å². The molecule has 3 atom stereocenters. The zero-order valence-corrected chi connectivity index (χ0v) is 22.2. The molecule has 3 unspecified atom stereocenters. The summed E-state index contributed by atoms with van der Waals surface area (Å²) in [5.41, 5.74) is 1.42. The monoisotopic (exact) mass is 541 g/mol. The zero-order valence-electron chi connectivity index (χ0n) is 21.4. The molecule has 2 aromatic heterocycles. The van der Waals surface area contributed by atoms with Crippen LogP contribution >= 0.6 is 11.3 Å². The number of benzene rings is 2. The van der Waals surface area contributed by atoms with Crippen molar-refractivity contribution in [2.75, 3.05) is 17.2 Å². The Morgan fingerprint density at radius 1 is 1.08 bits per heavy atom. The second kappa shape index (κ2) is 10.1. The maximum Gasteiger partial charge on any atom is 0.416 e. The molecule has 0 aliphatic heterocycles. The maximum atomic E-state index is 13.5. The van der Waals surface area contributed by atoms with Crippen molar-refractivity contribution in [3.8, 4) is 10.6 Å². The highest BCUT2D eigenvalue weighted by molar-refractivity contribution is 7.21. The molecule has 1 saturated carbocycles. The fraction of sp³-hybridized carbons (Fsp3) is 0.393. The van der Waals surface area contributed by atoms with Crippen LogP contribution in [0.4, 0.5) is 24.9 Å². The molecule has 0 radical (unpaired) electrons. The van der Waals surface area contributed by atoms with E-state index in [0.717, 1.165) is 39.7 Å². The normalized spacial score (nSPS) is 21.7. The Labute approximate surface area is 223 Å². The highest BCUT2D eigenvalue weighted by Crippen LogP contribution is 2.44. The molecule has 4 aromatic rings. The lowest BCUT2D eigenvalue weighted by molar-refractivity contribution is -0.138. The van der Waals surface area contributed by atoms with Crippen LogP contribution < -0.4 is 10.6 Å². The third-order valence-corrected chi connectivity index (χ3v) is 8.80. The number of aryl methyl sites for hydroxylation is 1. The van der Waals surface area contributed by atoms with Crippen LogP contribution in [0.3, 0.4) is 0 Å². The van der Waals surface area contributed by atoms with Gasteiger partial charge in [-0.05, 0) is 62.3 Å². The molecular formula is C28H30F3N5OS. The fourth-order valence-corrected chi connectivity index (χ4v) is 6.35. The molecule has 0 bridgehead atoms. The van der Waals surface area contributed by atoms with Gasteiger partial charge in [-0.3, -0.25) is 0 Å². The van der Waals surface area contributed by atoms with Crippen LogP contribution in [0.15, 0.2) is 48.5 Å². The number of nitrogens with zero attached hydrogens (tertiary/aromatic N) is 3. The standard InChI is InChI=1S/C28H30F3N5OS/c1-16-19(15-37)12-13-27(16,3)36-24-23(25-34-21-10-6-7-11-22(21)38-25)17(2)33-26(35-24)32-14-18-8-4-5-9-20(18)28(29,30)31/h4-11,16,19,37H,12-15H2,1-3H3,(H2,32,33,35,36). The number of aromatic nitrogens is 3. The van der Waals surface area contributed by atoms with Gasteiger partial charge in [-0.15, -0.1) is 11.3 Å². The second-order valence-electron chi connectivity index (χ2n) is 10.2. The summed E-state index contributed by atoms with van der Waals surface area (Å²) in [5.74, 6) is 1.18. The summed E-state index contributed by atoms with van der Waals surface area (Å²) in [7, 11) is 0. The first kappa shape index (κ1) is 26.4. The van der Waals surface area contributed by atoms with E-state index in [-0.39, 0.29) is 42.0 Å². The third kappa shape index (κ3) is 5.07. The predicted octanol–water partition coefficient (Wildman–Crippen LogP) is 6.90. The first-order valence-corrected chi connectivity index (χ1v) is 13.4. The summed E-state index contributed by atoms with van der Waals surface area (Å²) in [5, 5.41) is 17.3.